The number of ether oxygens (including phenoxy) is 1. The van der Waals surface area contributed by atoms with Crippen molar-refractivity contribution in [2.24, 2.45) is 0 Å². The van der Waals surface area contributed by atoms with Crippen molar-refractivity contribution >= 4 is 18.0 Å². The highest BCUT2D eigenvalue weighted by atomic mass is 16.5. The molecule has 3 rings (SSSR count). The molecule has 2 aromatic carbocycles. The normalized spacial score (nSPS) is 13.1. The molecule has 0 bridgehead atoms. The van der Waals surface area contributed by atoms with Crippen LogP contribution in [0.5, 0.6) is 0 Å². The molecular formula is C24H28N2O5. The van der Waals surface area contributed by atoms with Crippen LogP contribution in [0.15, 0.2) is 48.5 Å². The van der Waals surface area contributed by atoms with Crippen molar-refractivity contribution in [1.82, 2.24) is 10.2 Å². The number of carbonyl (C=O) groups is 3. The second kappa shape index (κ2) is 10.1. The van der Waals surface area contributed by atoms with Crippen LogP contribution in [0.25, 0.3) is 11.1 Å². The van der Waals surface area contributed by atoms with E-state index >= 15 is 0 Å². The predicted octanol–water partition coefficient (Wildman–Crippen LogP) is 3.63. The van der Waals surface area contributed by atoms with Crippen LogP contribution in [0.1, 0.15) is 43.7 Å². The summed E-state index contributed by atoms with van der Waals surface area (Å²) in [6.45, 7) is 4.78. The molecule has 0 spiro atoms. The van der Waals surface area contributed by atoms with Gasteiger partial charge in [-0.3, -0.25) is 9.59 Å². The number of benzene rings is 2. The molecule has 0 fully saturated rings. The van der Waals surface area contributed by atoms with Crippen LogP contribution in [-0.4, -0.2) is 53.7 Å². The summed E-state index contributed by atoms with van der Waals surface area (Å²) >= 11 is 0. The SMILES string of the molecule is CCCN(CC)C(=O)C(CC(=O)O)NC(=O)OCC1c2ccccc2-c2ccccc21. The molecule has 0 radical (unpaired) electrons. The number of carboxylic acid groups (broad SMARTS) is 1. The molecule has 164 valence electrons. The minimum atomic E-state index is -1.17. The standard InChI is InChI=1S/C24H28N2O5/c1-3-13-26(4-2)23(29)21(14-22(27)28)25-24(30)31-15-20-18-11-7-5-9-16(18)17-10-6-8-12-19(17)20/h5-12,20-21H,3-4,13-15H2,1-2H3,(H,25,30)(H,27,28). The fourth-order valence-corrected chi connectivity index (χ4v) is 4.07. The highest BCUT2D eigenvalue weighted by molar-refractivity contribution is 5.89. The molecule has 1 atom stereocenters. The van der Waals surface area contributed by atoms with Crippen molar-refractivity contribution in [2.75, 3.05) is 19.7 Å². The molecule has 0 saturated heterocycles. The topological polar surface area (TPSA) is 95.9 Å². The Morgan fingerprint density at radius 3 is 2.13 bits per heavy atom. The van der Waals surface area contributed by atoms with E-state index in [1.54, 1.807) is 0 Å². The van der Waals surface area contributed by atoms with Gasteiger partial charge in [0.25, 0.3) is 0 Å². The van der Waals surface area contributed by atoms with Crippen molar-refractivity contribution in [3.8, 4) is 11.1 Å². The third-order valence-corrected chi connectivity index (χ3v) is 5.50. The van der Waals surface area contributed by atoms with E-state index in [1.165, 1.54) is 4.90 Å². The quantitative estimate of drug-likeness (QED) is 0.641. The molecule has 0 aliphatic heterocycles. The monoisotopic (exact) mass is 424 g/mol. The first-order chi connectivity index (χ1) is 15.0. The molecule has 1 aliphatic carbocycles. The van der Waals surface area contributed by atoms with Gasteiger partial charge in [-0.15, -0.1) is 0 Å². The maximum absolute atomic E-state index is 12.7. The molecule has 2 aromatic rings. The number of hydrogen-bond donors (Lipinski definition) is 2. The Kier molecular flexibility index (Phi) is 7.28. The highest BCUT2D eigenvalue weighted by Crippen LogP contribution is 2.44. The Morgan fingerprint density at radius 2 is 1.61 bits per heavy atom. The Labute approximate surface area is 182 Å². The third kappa shape index (κ3) is 5.05. The zero-order chi connectivity index (χ0) is 22.4. The Hall–Kier alpha value is -3.35. The third-order valence-electron chi connectivity index (χ3n) is 5.50. The molecule has 0 aromatic heterocycles. The number of alkyl carbamates (subject to hydrolysis) is 1. The van der Waals surface area contributed by atoms with Gasteiger partial charge in [-0.1, -0.05) is 55.5 Å². The second-order valence-corrected chi connectivity index (χ2v) is 7.54. The molecule has 0 heterocycles. The van der Waals surface area contributed by atoms with E-state index in [4.69, 9.17) is 4.74 Å². The number of hydrogen-bond acceptors (Lipinski definition) is 4. The minimum absolute atomic E-state index is 0.0975. The van der Waals surface area contributed by atoms with Crippen LogP contribution in [0, 0.1) is 0 Å². The van der Waals surface area contributed by atoms with Gasteiger partial charge in [0, 0.05) is 19.0 Å². The van der Waals surface area contributed by atoms with Gasteiger partial charge in [0.15, 0.2) is 0 Å². The van der Waals surface area contributed by atoms with Gasteiger partial charge in [0.05, 0.1) is 6.42 Å². The van der Waals surface area contributed by atoms with E-state index < -0.39 is 30.4 Å². The van der Waals surface area contributed by atoms with Crippen LogP contribution < -0.4 is 5.32 Å². The molecular weight excluding hydrogens is 396 g/mol. The Balaban J connectivity index is 1.69. The number of nitrogens with zero attached hydrogens (tertiary/aromatic N) is 1. The molecule has 31 heavy (non-hydrogen) atoms. The fraction of sp³-hybridized carbons (Fsp3) is 0.375. The Bertz CT molecular complexity index is 913. The number of carboxylic acids is 1. The number of rotatable bonds is 9. The van der Waals surface area contributed by atoms with Crippen molar-refractivity contribution in [1.29, 1.82) is 0 Å². The molecule has 0 saturated carbocycles. The lowest BCUT2D eigenvalue weighted by Gasteiger charge is -2.26. The molecule has 7 nitrogen and oxygen atoms in total. The lowest BCUT2D eigenvalue weighted by Crippen LogP contribution is -2.50. The molecule has 2 amide bonds. The Morgan fingerprint density at radius 1 is 1.03 bits per heavy atom. The summed E-state index contributed by atoms with van der Waals surface area (Å²) in [6.07, 6.45) is -0.554. The van der Waals surface area contributed by atoms with Crippen LogP contribution in [0.4, 0.5) is 4.79 Å². The summed E-state index contributed by atoms with van der Waals surface area (Å²) < 4.78 is 5.46. The second-order valence-electron chi connectivity index (χ2n) is 7.54. The summed E-state index contributed by atoms with van der Waals surface area (Å²) in [5, 5.41) is 11.6. The average molecular weight is 424 g/mol. The minimum Gasteiger partial charge on any atom is -0.481 e. The van der Waals surface area contributed by atoms with Crippen LogP contribution in [0.2, 0.25) is 0 Å². The van der Waals surface area contributed by atoms with E-state index in [1.807, 2.05) is 62.4 Å². The smallest absolute Gasteiger partial charge is 0.407 e. The van der Waals surface area contributed by atoms with Crippen LogP contribution in [0.3, 0.4) is 0 Å². The summed E-state index contributed by atoms with van der Waals surface area (Å²) in [6, 6.07) is 14.8. The maximum Gasteiger partial charge on any atom is 0.407 e. The number of nitrogens with one attached hydrogen (secondary N) is 1. The molecule has 1 aliphatic rings. The van der Waals surface area contributed by atoms with Crippen LogP contribution >= 0.6 is 0 Å². The number of likely N-dealkylation sites (N-methyl/N-ethyl adjacent to an activating group) is 1. The average Bonchev–Trinajstić information content (AvgIpc) is 3.08. The van der Waals surface area contributed by atoms with Gasteiger partial charge >= 0.3 is 12.1 Å². The number of amides is 2. The van der Waals surface area contributed by atoms with Crippen molar-refractivity contribution in [3.05, 3.63) is 59.7 Å². The van der Waals surface area contributed by atoms with Crippen LogP contribution in [-0.2, 0) is 14.3 Å². The predicted molar refractivity (Wildman–Crippen MR) is 117 cm³/mol. The van der Waals surface area contributed by atoms with Gasteiger partial charge in [-0.25, -0.2) is 4.79 Å². The van der Waals surface area contributed by atoms with Crippen molar-refractivity contribution in [3.63, 3.8) is 0 Å². The van der Waals surface area contributed by atoms with Crippen molar-refractivity contribution < 1.29 is 24.2 Å². The highest BCUT2D eigenvalue weighted by Gasteiger charge is 2.31. The van der Waals surface area contributed by atoms with E-state index in [9.17, 15) is 19.5 Å². The zero-order valence-electron chi connectivity index (χ0n) is 17.8. The summed E-state index contributed by atoms with van der Waals surface area (Å²) in [7, 11) is 0. The number of aliphatic carboxylic acids is 1. The fourth-order valence-electron chi connectivity index (χ4n) is 4.07. The van der Waals surface area contributed by atoms with Gasteiger partial charge in [0.1, 0.15) is 12.6 Å². The molecule has 2 N–H and O–H groups in total. The van der Waals surface area contributed by atoms with E-state index in [2.05, 4.69) is 5.32 Å². The van der Waals surface area contributed by atoms with Gasteiger partial charge in [0.2, 0.25) is 5.91 Å². The zero-order valence-corrected chi connectivity index (χ0v) is 17.8. The van der Waals surface area contributed by atoms with Gasteiger partial charge in [-0.2, -0.15) is 0 Å². The lowest BCUT2D eigenvalue weighted by atomic mass is 9.98. The van der Waals surface area contributed by atoms with E-state index in [0.717, 1.165) is 28.7 Å². The first-order valence-corrected chi connectivity index (χ1v) is 10.6. The van der Waals surface area contributed by atoms with Gasteiger partial charge in [-0.05, 0) is 35.6 Å². The number of carbonyl (C=O) groups excluding carboxylic acids is 2. The molecule has 7 heteroatoms. The van der Waals surface area contributed by atoms with E-state index in [0.29, 0.717) is 13.1 Å². The van der Waals surface area contributed by atoms with Gasteiger partial charge < -0.3 is 20.1 Å². The first kappa shape index (κ1) is 22.3. The lowest BCUT2D eigenvalue weighted by molar-refractivity contribution is -0.142. The van der Waals surface area contributed by atoms with Crippen molar-refractivity contribution in [2.45, 2.75) is 38.6 Å². The summed E-state index contributed by atoms with van der Waals surface area (Å²) in [5.41, 5.74) is 4.39. The van der Waals surface area contributed by atoms with E-state index in [-0.39, 0.29) is 12.5 Å². The molecule has 1 unspecified atom stereocenters. The summed E-state index contributed by atoms with van der Waals surface area (Å²) in [4.78, 5) is 38.0. The number of fused-ring (bicyclic) bond motifs is 3. The summed E-state index contributed by atoms with van der Waals surface area (Å²) in [5.74, 6) is -1.69. The maximum atomic E-state index is 12.7. The first-order valence-electron chi connectivity index (χ1n) is 10.6. The largest absolute Gasteiger partial charge is 0.481 e.